The van der Waals surface area contributed by atoms with E-state index in [0.29, 0.717) is 0 Å². The number of nitrogens with two attached hydrogens (primary N) is 1. The molecule has 1 aromatic carbocycles. The van der Waals surface area contributed by atoms with E-state index in [9.17, 15) is 0 Å². The smallest absolute Gasteiger partial charge is 0.116 e. The monoisotopic (exact) mass is 281 g/mol. The highest BCUT2D eigenvalue weighted by atomic mass is 32.1. The van der Waals surface area contributed by atoms with Crippen LogP contribution in [0.25, 0.3) is 11.3 Å². The second-order valence-electron chi connectivity index (χ2n) is 4.56. The quantitative estimate of drug-likeness (QED) is 0.798. The third kappa shape index (κ3) is 2.48. The molecule has 1 unspecified atom stereocenters. The van der Waals surface area contributed by atoms with Gasteiger partial charge in [-0.05, 0) is 19.1 Å². The summed E-state index contributed by atoms with van der Waals surface area (Å²) < 4.78 is 0. The summed E-state index contributed by atoms with van der Waals surface area (Å²) in [5, 5.41) is 0.903. The minimum atomic E-state index is -0.266. The van der Waals surface area contributed by atoms with Crippen molar-refractivity contribution >= 4 is 11.3 Å². The van der Waals surface area contributed by atoms with Gasteiger partial charge in [0, 0.05) is 16.6 Å². The molecule has 3 aromatic rings. The maximum absolute atomic E-state index is 6.26. The van der Waals surface area contributed by atoms with E-state index < -0.39 is 0 Å². The molecule has 0 radical (unpaired) electrons. The van der Waals surface area contributed by atoms with Crippen LogP contribution in [0, 0.1) is 6.92 Å². The largest absolute Gasteiger partial charge is 0.317 e. The molecule has 0 fully saturated rings. The molecular weight excluding hydrogens is 266 g/mol. The van der Waals surface area contributed by atoms with E-state index in [-0.39, 0.29) is 6.04 Å². The van der Waals surface area contributed by atoms with Crippen molar-refractivity contribution < 1.29 is 0 Å². The van der Waals surface area contributed by atoms with Crippen molar-refractivity contribution in [1.82, 2.24) is 9.97 Å². The molecule has 3 nitrogen and oxygen atoms in total. The molecular formula is C16H15N3S. The summed E-state index contributed by atoms with van der Waals surface area (Å²) in [5.41, 5.74) is 9.25. The van der Waals surface area contributed by atoms with Gasteiger partial charge in [0.1, 0.15) is 5.01 Å². The zero-order chi connectivity index (χ0) is 13.9. The topological polar surface area (TPSA) is 51.8 Å². The molecule has 2 N–H and O–H groups in total. The number of thiazole rings is 1. The van der Waals surface area contributed by atoms with Crippen LogP contribution in [0.4, 0.5) is 0 Å². The number of benzene rings is 1. The van der Waals surface area contributed by atoms with Gasteiger partial charge in [0.2, 0.25) is 0 Å². The molecule has 0 spiro atoms. The lowest BCUT2D eigenvalue weighted by atomic mass is 10.1. The van der Waals surface area contributed by atoms with Crippen molar-refractivity contribution in [2.75, 3.05) is 0 Å². The van der Waals surface area contributed by atoms with Crippen LogP contribution in [0.1, 0.15) is 21.6 Å². The first-order chi connectivity index (χ1) is 9.75. The van der Waals surface area contributed by atoms with Crippen molar-refractivity contribution in [3.63, 3.8) is 0 Å². The molecule has 0 aliphatic carbocycles. The lowest BCUT2D eigenvalue weighted by molar-refractivity contribution is 0.819. The van der Waals surface area contributed by atoms with Crippen molar-refractivity contribution in [3.05, 3.63) is 70.3 Å². The molecule has 1 atom stereocenters. The molecule has 0 saturated heterocycles. The molecule has 4 heteroatoms. The lowest BCUT2D eigenvalue weighted by Gasteiger charge is -2.06. The van der Waals surface area contributed by atoms with Crippen molar-refractivity contribution in [1.29, 1.82) is 0 Å². The van der Waals surface area contributed by atoms with Crippen molar-refractivity contribution in [2.24, 2.45) is 5.73 Å². The summed E-state index contributed by atoms with van der Waals surface area (Å²) in [4.78, 5) is 10.2. The van der Waals surface area contributed by atoms with Gasteiger partial charge in [-0.25, -0.2) is 4.98 Å². The zero-order valence-electron chi connectivity index (χ0n) is 11.2. The minimum absolute atomic E-state index is 0.266. The fraction of sp³-hybridized carbons (Fsp3) is 0.125. The Balaban J connectivity index is 1.97. The van der Waals surface area contributed by atoms with Gasteiger partial charge in [-0.1, -0.05) is 36.4 Å². The predicted molar refractivity (Wildman–Crippen MR) is 82.6 cm³/mol. The average Bonchev–Trinajstić information content (AvgIpc) is 2.90. The Bertz CT molecular complexity index is 692. The number of aromatic nitrogens is 2. The van der Waals surface area contributed by atoms with Gasteiger partial charge in [0.05, 0.1) is 17.4 Å². The third-order valence-corrected chi connectivity index (χ3v) is 4.19. The maximum Gasteiger partial charge on any atom is 0.116 e. The minimum Gasteiger partial charge on any atom is -0.317 e. The Morgan fingerprint density at radius 1 is 1.05 bits per heavy atom. The van der Waals surface area contributed by atoms with Gasteiger partial charge in [-0.15, -0.1) is 11.3 Å². The van der Waals surface area contributed by atoms with Gasteiger partial charge in [0.25, 0.3) is 0 Å². The van der Waals surface area contributed by atoms with Crippen LogP contribution in [0.5, 0.6) is 0 Å². The summed E-state index contributed by atoms with van der Waals surface area (Å²) in [7, 11) is 0. The summed E-state index contributed by atoms with van der Waals surface area (Å²) in [6.07, 6.45) is 1.76. The maximum atomic E-state index is 6.26. The molecule has 100 valence electrons. The van der Waals surface area contributed by atoms with Gasteiger partial charge < -0.3 is 5.73 Å². The summed E-state index contributed by atoms with van der Waals surface area (Å²) in [5.74, 6) is 0. The molecule has 0 saturated carbocycles. The Kier molecular flexibility index (Phi) is 3.58. The molecule has 0 amide bonds. The SMILES string of the molecule is Cc1sc(C(N)c2ccccn2)nc1-c1ccccc1. The van der Waals surface area contributed by atoms with E-state index in [1.54, 1.807) is 17.5 Å². The standard InChI is InChI=1S/C16H15N3S/c1-11-15(12-7-3-2-4-8-12)19-16(20-11)14(17)13-9-5-6-10-18-13/h2-10,14H,17H2,1H3. The zero-order valence-corrected chi connectivity index (χ0v) is 12.0. The van der Waals surface area contributed by atoms with Crippen LogP contribution in [-0.2, 0) is 0 Å². The number of pyridine rings is 1. The molecule has 2 heterocycles. The van der Waals surface area contributed by atoms with E-state index >= 15 is 0 Å². The van der Waals surface area contributed by atoms with Crippen molar-refractivity contribution in [2.45, 2.75) is 13.0 Å². The molecule has 0 aliphatic rings. The first kappa shape index (κ1) is 13.0. The number of hydrogen-bond donors (Lipinski definition) is 1. The lowest BCUT2D eigenvalue weighted by Crippen LogP contribution is -2.12. The van der Waals surface area contributed by atoms with Crippen LogP contribution < -0.4 is 5.73 Å². The summed E-state index contributed by atoms with van der Waals surface area (Å²) in [6.45, 7) is 2.08. The first-order valence-electron chi connectivity index (χ1n) is 6.45. The Morgan fingerprint density at radius 3 is 2.50 bits per heavy atom. The van der Waals surface area contributed by atoms with E-state index in [0.717, 1.165) is 22.0 Å². The third-order valence-electron chi connectivity index (χ3n) is 3.13. The van der Waals surface area contributed by atoms with Gasteiger partial charge in [-0.2, -0.15) is 0 Å². The van der Waals surface area contributed by atoms with E-state index in [2.05, 4.69) is 24.0 Å². The van der Waals surface area contributed by atoms with E-state index in [4.69, 9.17) is 10.7 Å². The Morgan fingerprint density at radius 2 is 1.80 bits per heavy atom. The van der Waals surface area contributed by atoms with Crippen LogP contribution in [0.2, 0.25) is 0 Å². The number of hydrogen-bond acceptors (Lipinski definition) is 4. The highest BCUT2D eigenvalue weighted by Crippen LogP contribution is 2.31. The summed E-state index contributed by atoms with van der Waals surface area (Å²) in [6, 6.07) is 15.7. The second-order valence-corrected chi connectivity index (χ2v) is 5.79. The fourth-order valence-corrected chi connectivity index (χ4v) is 3.06. The number of nitrogens with zero attached hydrogens (tertiary/aromatic N) is 2. The van der Waals surface area contributed by atoms with Crippen LogP contribution in [0.3, 0.4) is 0 Å². The molecule has 3 rings (SSSR count). The first-order valence-corrected chi connectivity index (χ1v) is 7.26. The molecule has 2 aromatic heterocycles. The highest BCUT2D eigenvalue weighted by Gasteiger charge is 2.17. The van der Waals surface area contributed by atoms with Crippen LogP contribution >= 0.6 is 11.3 Å². The Hall–Kier alpha value is -2.04. The fourth-order valence-electron chi connectivity index (χ4n) is 2.10. The van der Waals surface area contributed by atoms with Gasteiger partial charge in [0.15, 0.2) is 0 Å². The van der Waals surface area contributed by atoms with Crippen LogP contribution in [-0.4, -0.2) is 9.97 Å². The molecule has 0 bridgehead atoms. The second kappa shape index (κ2) is 5.53. The predicted octanol–water partition coefficient (Wildman–Crippen LogP) is 3.56. The Labute approximate surface area is 122 Å². The molecule has 20 heavy (non-hydrogen) atoms. The van der Waals surface area contributed by atoms with Crippen LogP contribution in [0.15, 0.2) is 54.7 Å². The molecule has 0 aliphatic heterocycles. The van der Waals surface area contributed by atoms with E-state index in [1.807, 2.05) is 36.4 Å². The van der Waals surface area contributed by atoms with Gasteiger partial charge in [-0.3, -0.25) is 4.98 Å². The van der Waals surface area contributed by atoms with E-state index in [1.165, 1.54) is 4.88 Å². The summed E-state index contributed by atoms with van der Waals surface area (Å²) >= 11 is 1.64. The highest BCUT2D eigenvalue weighted by molar-refractivity contribution is 7.12. The number of aryl methyl sites for hydroxylation is 1. The normalized spacial score (nSPS) is 12.3. The van der Waals surface area contributed by atoms with Gasteiger partial charge >= 0.3 is 0 Å². The average molecular weight is 281 g/mol. The number of rotatable bonds is 3. The van der Waals surface area contributed by atoms with Crippen molar-refractivity contribution in [3.8, 4) is 11.3 Å².